The first-order chi connectivity index (χ1) is 16.3. The summed E-state index contributed by atoms with van der Waals surface area (Å²) in [6.07, 6.45) is -1.34. The van der Waals surface area contributed by atoms with E-state index in [4.69, 9.17) is 4.42 Å². The van der Waals surface area contributed by atoms with E-state index in [-0.39, 0.29) is 33.9 Å². The van der Waals surface area contributed by atoms with Gasteiger partial charge in [-0.05, 0) is 35.9 Å². The normalized spacial score (nSPS) is 12.9. The lowest BCUT2D eigenvalue weighted by Gasteiger charge is -2.22. The average Bonchev–Trinajstić information content (AvgIpc) is 3.49. The van der Waals surface area contributed by atoms with Crippen LogP contribution >= 0.6 is 0 Å². The van der Waals surface area contributed by atoms with Crippen LogP contribution in [0.2, 0.25) is 0 Å². The van der Waals surface area contributed by atoms with E-state index in [0.29, 0.717) is 5.52 Å². The van der Waals surface area contributed by atoms with Crippen LogP contribution in [0.5, 0.6) is 0 Å². The molecule has 0 aliphatic carbocycles. The van der Waals surface area contributed by atoms with Crippen molar-refractivity contribution < 1.29 is 29.3 Å². The fourth-order valence-corrected chi connectivity index (χ4v) is 3.38. The van der Waals surface area contributed by atoms with E-state index in [1.54, 1.807) is 12.1 Å². The summed E-state index contributed by atoms with van der Waals surface area (Å²) in [6, 6.07) is 11.2. The topological polar surface area (TPSA) is 198 Å². The molecule has 1 amide bonds. The molecule has 2 heterocycles. The van der Waals surface area contributed by atoms with E-state index < -0.39 is 40.4 Å². The van der Waals surface area contributed by atoms with E-state index >= 15 is 0 Å². The van der Waals surface area contributed by atoms with Crippen molar-refractivity contribution >= 4 is 28.5 Å². The largest absolute Gasteiger partial charge is 0.433 e. The molecule has 0 spiro atoms. The van der Waals surface area contributed by atoms with Crippen LogP contribution in [-0.2, 0) is 0 Å². The van der Waals surface area contributed by atoms with Crippen LogP contribution in [0.4, 0.5) is 11.6 Å². The van der Waals surface area contributed by atoms with Crippen LogP contribution in [0.25, 0.3) is 22.6 Å². The molecule has 0 aliphatic heterocycles. The lowest BCUT2D eigenvalue weighted by atomic mass is 10.0. The van der Waals surface area contributed by atoms with E-state index in [9.17, 15) is 35.2 Å². The van der Waals surface area contributed by atoms with Crippen molar-refractivity contribution in [2.75, 3.05) is 6.61 Å². The molecule has 174 valence electrons. The standard InChI is InChI=1S/C21H17N5O8/c27-10-15(19(28)11-4-6-12(7-5-11)25(30)31)23-21(29)13-2-1-3-14-18(13)24-20(22-14)16-8-9-17(34-16)26(32)33/h1-9,15,19,27-28H,10H2,(H,22,24)(H,23,29)/t15-,19-/m1/s1. The van der Waals surface area contributed by atoms with Crippen molar-refractivity contribution in [1.82, 2.24) is 15.3 Å². The van der Waals surface area contributed by atoms with Crippen molar-refractivity contribution in [3.8, 4) is 11.6 Å². The van der Waals surface area contributed by atoms with Gasteiger partial charge in [-0.1, -0.05) is 6.07 Å². The minimum atomic E-state index is -1.34. The second-order valence-corrected chi connectivity index (χ2v) is 7.24. The second-order valence-electron chi connectivity index (χ2n) is 7.24. The third-order valence-electron chi connectivity index (χ3n) is 5.10. The molecule has 4 aromatic rings. The van der Waals surface area contributed by atoms with Gasteiger partial charge in [0.25, 0.3) is 11.6 Å². The lowest BCUT2D eigenvalue weighted by Crippen LogP contribution is -2.42. The number of nitro benzene ring substituents is 1. The van der Waals surface area contributed by atoms with Crippen molar-refractivity contribution in [2.45, 2.75) is 12.1 Å². The molecule has 0 saturated heterocycles. The first-order valence-electron chi connectivity index (χ1n) is 9.86. The summed E-state index contributed by atoms with van der Waals surface area (Å²) in [5.74, 6) is -0.822. The van der Waals surface area contributed by atoms with Crippen LogP contribution in [0.1, 0.15) is 22.0 Å². The third-order valence-corrected chi connectivity index (χ3v) is 5.10. The van der Waals surface area contributed by atoms with Crippen LogP contribution in [0, 0.1) is 20.2 Å². The number of hydrogen-bond acceptors (Lipinski definition) is 9. The summed E-state index contributed by atoms with van der Waals surface area (Å²) in [5, 5.41) is 44.5. The number of amides is 1. The Morgan fingerprint density at radius 3 is 2.44 bits per heavy atom. The van der Waals surface area contributed by atoms with Gasteiger partial charge in [-0.3, -0.25) is 25.0 Å². The highest BCUT2D eigenvalue weighted by atomic mass is 16.6. The molecule has 0 bridgehead atoms. The number of nitrogens with zero attached hydrogens (tertiary/aromatic N) is 3. The number of aromatic amines is 1. The monoisotopic (exact) mass is 467 g/mol. The Labute approximate surface area is 190 Å². The summed E-state index contributed by atoms with van der Waals surface area (Å²) < 4.78 is 5.14. The van der Waals surface area contributed by atoms with Gasteiger partial charge in [-0.25, -0.2) is 4.98 Å². The van der Waals surface area contributed by atoms with Crippen molar-refractivity contribution in [2.24, 2.45) is 0 Å². The molecule has 2 aromatic carbocycles. The number of carbonyl (C=O) groups is 1. The molecule has 2 atom stereocenters. The number of furan rings is 1. The highest BCUT2D eigenvalue weighted by Crippen LogP contribution is 2.27. The number of aromatic nitrogens is 2. The molecule has 4 rings (SSSR count). The van der Waals surface area contributed by atoms with Crippen LogP contribution < -0.4 is 5.32 Å². The summed E-state index contributed by atoms with van der Waals surface area (Å²) >= 11 is 0. The molecular weight excluding hydrogens is 450 g/mol. The fourth-order valence-electron chi connectivity index (χ4n) is 3.38. The van der Waals surface area contributed by atoms with Gasteiger partial charge < -0.3 is 24.9 Å². The Kier molecular flexibility index (Phi) is 6.03. The number of aliphatic hydroxyl groups excluding tert-OH is 2. The van der Waals surface area contributed by atoms with Crippen molar-refractivity contribution in [1.29, 1.82) is 0 Å². The minimum absolute atomic E-state index is 0.107. The maximum absolute atomic E-state index is 13.0. The van der Waals surface area contributed by atoms with Gasteiger partial charge in [0.2, 0.25) is 0 Å². The summed E-state index contributed by atoms with van der Waals surface area (Å²) in [7, 11) is 0. The number of aliphatic hydroxyl groups is 2. The second kappa shape index (κ2) is 9.09. The van der Waals surface area contributed by atoms with E-state index in [2.05, 4.69) is 15.3 Å². The zero-order valence-corrected chi connectivity index (χ0v) is 17.2. The summed E-state index contributed by atoms with van der Waals surface area (Å²) in [6.45, 7) is -0.609. The van der Waals surface area contributed by atoms with Crippen molar-refractivity contribution in [3.05, 3.63) is 86.0 Å². The number of H-pyrrole nitrogens is 1. The Bertz CT molecular complexity index is 1380. The molecule has 0 unspecified atom stereocenters. The molecule has 4 N–H and O–H groups in total. The maximum atomic E-state index is 13.0. The number of carbonyl (C=O) groups excluding carboxylic acids is 1. The number of nitro groups is 2. The zero-order valence-electron chi connectivity index (χ0n) is 17.2. The smallest absolute Gasteiger partial charge is 0.397 e. The molecule has 2 aromatic heterocycles. The molecule has 0 radical (unpaired) electrons. The van der Waals surface area contributed by atoms with Gasteiger partial charge in [0, 0.05) is 12.1 Å². The Morgan fingerprint density at radius 2 is 1.82 bits per heavy atom. The van der Waals surface area contributed by atoms with Gasteiger partial charge in [-0.15, -0.1) is 0 Å². The van der Waals surface area contributed by atoms with Gasteiger partial charge in [0.1, 0.15) is 16.5 Å². The first-order valence-corrected chi connectivity index (χ1v) is 9.86. The van der Waals surface area contributed by atoms with Crippen molar-refractivity contribution in [3.63, 3.8) is 0 Å². The highest BCUT2D eigenvalue weighted by Gasteiger charge is 2.25. The van der Waals surface area contributed by atoms with Gasteiger partial charge in [0.15, 0.2) is 11.6 Å². The zero-order chi connectivity index (χ0) is 24.4. The lowest BCUT2D eigenvalue weighted by molar-refractivity contribution is -0.401. The van der Waals surface area contributed by atoms with E-state index in [1.807, 2.05) is 0 Å². The van der Waals surface area contributed by atoms with Gasteiger partial charge in [-0.2, -0.15) is 0 Å². The molecule has 34 heavy (non-hydrogen) atoms. The Hall–Kier alpha value is -4.62. The number of nitrogens with one attached hydrogen (secondary N) is 2. The summed E-state index contributed by atoms with van der Waals surface area (Å²) in [4.78, 5) is 40.6. The average molecular weight is 467 g/mol. The summed E-state index contributed by atoms with van der Waals surface area (Å²) in [5.41, 5.74) is 0.928. The molecule has 0 aliphatic rings. The quantitative estimate of drug-likeness (QED) is 0.222. The van der Waals surface area contributed by atoms with E-state index in [0.717, 1.165) is 0 Å². The predicted molar refractivity (Wildman–Crippen MR) is 117 cm³/mol. The Balaban J connectivity index is 1.58. The SMILES string of the molecule is O=C(N[C@H](CO)[C@H](O)c1ccc([N+](=O)[O-])cc1)c1cccc2[nH]c(-c3ccc([N+](=O)[O-])o3)nc12. The first kappa shape index (κ1) is 22.6. The molecule has 13 nitrogen and oxygen atoms in total. The number of non-ortho nitro benzene ring substituents is 1. The highest BCUT2D eigenvalue weighted by molar-refractivity contribution is 6.05. The van der Waals surface area contributed by atoms with Crippen LogP contribution in [0.15, 0.2) is 59.0 Å². The molecular formula is C21H17N5O8. The number of fused-ring (bicyclic) bond motifs is 1. The number of rotatable bonds is 8. The maximum Gasteiger partial charge on any atom is 0.433 e. The fraction of sp³-hybridized carbons (Fsp3) is 0.143. The minimum Gasteiger partial charge on any atom is -0.397 e. The Morgan fingerprint density at radius 1 is 1.09 bits per heavy atom. The van der Waals surface area contributed by atoms with Crippen LogP contribution in [0.3, 0.4) is 0 Å². The number of benzene rings is 2. The van der Waals surface area contributed by atoms with Crippen LogP contribution in [-0.4, -0.2) is 48.6 Å². The van der Waals surface area contributed by atoms with Gasteiger partial charge in [0.05, 0.1) is 34.7 Å². The number of hydrogen-bond donors (Lipinski definition) is 4. The third kappa shape index (κ3) is 4.32. The molecule has 0 fully saturated rings. The predicted octanol–water partition coefficient (Wildman–Crippen LogP) is 2.46. The molecule has 0 saturated carbocycles. The van der Waals surface area contributed by atoms with E-state index in [1.165, 1.54) is 42.5 Å². The number of para-hydroxylation sites is 1. The van der Waals surface area contributed by atoms with Gasteiger partial charge >= 0.3 is 5.88 Å². The number of imidazole rings is 1. The molecule has 13 heteroatoms.